The van der Waals surface area contributed by atoms with Gasteiger partial charge in [-0.25, -0.2) is 0 Å². The van der Waals surface area contributed by atoms with Gasteiger partial charge in [-0.1, -0.05) is 32.6 Å². The number of unbranched alkanes of at least 4 members (excludes halogenated alkanes) is 4. The number of aliphatic hydroxyl groups is 1. The second-order valence-electron chi connectivity index (χ2n) is 2.14. The van der Waals surface area contributed by atoms with Crippen LogP contribution in [0.5, 0.6) is 0 Å². The van der Waals surface area contributed by atoms with Gasteiger partial charge in [-0.15, -0.1) is 0 Å². The first-order chi connectivity index (χ1) is 3.91. The molecule has 0 unspecified atom stereocenters. The standard InChI is InChI=1S/C7H16O/c1-2-3-4-5-6-7-8/h8H,2-7H2,1H3/i7+2. The molecule has 0 heterocycles. The van der Waals surface area contributed by atoms with Crippen LogP contribution in [0.3, 0.4) is 0 Å². The summed E-state index contributed by atoms with van der Waals surface area (Å²) >= 11 is 0. The summed E-state index contributed by atoms with van der Waals surface area (Å²) in [5, 5.41) is 8.37. The SMILES string of the molecule is CCCCCC[14CH2]O. The van der Waals surface area contributed by atoms with Crippen molar-refractivity contribution in [3.8, 4) is 0 Å². The van der Waals surface area contributed by atoms with Crippen LogP contribution in [0.15, 0.2) is 0 Å². The van der Waals surface area contributed by atoms with E-state index >= 15 is 0 Å². The van der Waals surface area contributed by atoms with Gasteiger partial charge in [-0.3, -0.25) is 0 Å². The molecule has 0 aliphatic heterocycles. The first-order valence-corrected chi connectivity index (χ1v) is 3.52. The van der Waals surface area contributed by atoms with Gasteiger partial charge >= 0.3 is 0 Å². The zero-order valence-electron chi connectivity index (χ0n) is 5.69. The molecule has 0 radical (unpaired) electrons. The lowest BCUT2D eigenvalue weighted by atomic mass is 10.2. The molecule has 0 bridgehead atoms. The van der Waals surface area contributed by atoms with Gasteiger partial charge in [0.25, 0.3) is 0 Å². The largest absolute Gasteiger partial charge is 0.396 e. The number of rotatable bonds is 5. The zero-order chi connectivity index (χ0) is 6.24. The van der Waals surface area contributed by atoms with E-state index in [0.717, 1.165) is 6.42 Å². The van der Waals surface area contributed by atoms with Crippen molar-refractivity contribution in [3.05, 3.63) is 0 Å². The van der Waals surface area contributed by atoms with Gasteiger partial charge in [0.1, 0.15) is 0 Å². The Labute approximate surface area is 51.7 Å². The van der Waals surface area contributed by atoms with Crippen LogP contribution in [0.4, 0.5) is 0 Å². The van der Waals surface area contributed by atoms with Crippen LogP contribution in [0, 0.1) is 0 Å². The molecule has 0 aliphatic carbocycles. The predicted molar refractivity (Wildman–Crippen MR) is 35.8 cm³/mol. The zero-order valence-corrected chi connectivity index (χ0v) is 5.69. The fourth-order valence-corrected chi connectivity index (χ4v) is 0.715. The Kier molecular flexibility index (Phi) is 6.93. The van der Waals surface area contributed by atoms with E-state index in [1.165, 1.54) is 25.7 Å². The second kappa shape index (κ2) is 6.96. The molecule has 0 amide bonds. The molecule has 50 valence electrons. The van der Waals surface area contributed by atoms with Gasteiger partial charge in [0.2, 0.25) is 0 Å². The quantitative estimate of drug-likeness (QED) is 0.547. The molecule has 1 N–H and O–H groups in total. The lowest BCUT2D eigenvalue weighted by molar-refractivity contribution is 0.282. The van der Waals surface area contributed by atoms with Crippen LogP contribution in [0.1, 0.15) is 39.0 Å². The molecule has 8 heavy (non-hydrogen) atoms. The third kappa shape index (κ3) is 5.96. The van der Waals surface area contributed by atoms with E-state index in [1.807, 2.05) is 0 Å². The average Bonchev–Trinajstić information content (AvgIpc) is 1.81. The third-order valence-corrected chi connectivity index (χ3v) is 1.26. The second-order valence-corrected chi connectivity index (χ2v) is 2.14. The normalized spacial score (nSPS) is 9.75. The molecule has 0 atom stereocenters. The highest BCUT2D eigenvalue weighted by Crippen LogP contribution is 2.00. The van der Waals surface area contributed by atoms with Crippen LogP contribution in [-0.4, -0.2) is 11.7 Å². The molecule has 0 saturated heterocycles. The van der Waals surface area contributed by atoms with Gasteiger partial charge in [-0.05, 0) is 6.42 Å². The maximum atomic E-state index is 8.37. The minimum atomic E-state index is 0.365. The van der Waals surface area contributed by atoms with Gasteiger partial charge in [0.15, 0.2) is 0 Å². The minimum Gasteiger partial charge on any atom is -0.396 e. The molecule has 1 nitrogen and oxygen atoms in total. The van der Waals surface area contributed by atoms with Crippen LogP contribution in [0.2, 0.25) is 0 Å². The Bertz CT molecular complexity index is 29.4. The smallest absolute Gasteiger partial charge is 0.0431 e. The lowest BCUT2D eigenvalue weighted by Gasteiger charge is -1.93. The summed E-state index contributed by atoms with van der Waals surface area (Å²) < 4.78 is 0. The first kappa shape index (κ1) is 7.96. The highest BCUT2D eigenvalue weighted by atomic mass is 16.5. The van der Waals surface area contributed by atoms with Crippen molar-refractivity contribution in [1.29, 1.82) is 0 Å². The van der Waals surface area contributed by atoms with E-state index in [1.54, 1.807) is 0 Å². The Morgan fingerprint density at radius 1 is 1.25 bits per heavy atom. The van der Waals surface area contributed by atoms with Gasteiger partial charge in [0, 0.05) is 6.61 Å². The monoisotopic (exact) mass is 118 g/mol. The number of hydrogen-bond acceptors (Lipinski definition) is 1. The summed E-state index contributed by atoms with van der Waals surface area (Å²) in [5.74, 6) is 0. The fraction of sp³-hybridized carbons (Fsp3) is 1.00. The van der Waals surface area contributed by atoms with Crippen LogP contribution >= 0.6 is 0 Å². The Hall–Kier alpha value is -0.0400. The molecule has 0 aromatic heterocycles. The molecule has 0 saturated carbocycles. The van der Waals surface area contributed by atoms with E-state index in [0.29, 0.717) is 6.61 Å². The van der Waals surface area contributed by atoms with Crippen molar-refractivity contribution in [2.45, 2.75) is 39.0 Å². The molecule has 0 fully saturated rings. The van der Waals surface area contributed by atoms with E-state index in [-0.39, 0.29) is 0 Å². The molecular formula is C7H16O. The molecule has 0 aliphatic rings. The maximum absolute atomic E-state index is 8.37. The van der Waals surface area contributed by atoms with Crippen LogP contribution < -0.4 is 0 Å². The highest BCUT2D eigenvalue weighted by Gasteiger charge is 1.84. The summed E-state index contributed by atoms with van der Waals surface area (Å²) in [6, 6.07) is 0. The van der Waals surface area contributed by atoms with Crippen molar-refractivity contribution < 1.29 is 5.11 Å². The van der Waals surface area contributed by atoms with Gasteiger partial charge in [0.05, 0.1) is 0 Å². The summed E-state index contributed by atoms with van der Waals surface area (Å²) in [4.78, 5) is 0. The summed E-state index contributed by atoms with van der Waals surface area (Å²) in [6.45, 7) is 2.56. The van der Waals surface area contributed by atoms with E-state index in [4.69, 9.17) is 5.11 Å². The predicted octanol–water partition coefficient (Wildman–Crippen LogP) is 1.95. The topological polar surface area (TPSA) is 20.2 Å². The Balaban J connectivity index is 2.53. The summed E-state index contributed by atoms with van der Waals surface area (Å²) in [5.41, 5.74) is 0. The Morgan fingerprint density at radius 3 is 2.50 bits per heavy atom. The summed E-state index contributed by atoms with van der Waals surface area (Å²) in [7, 11) is 0. The lowest BCUT2D eigenvalue weighted by Crippen LogP contribution is -1.81. The molecule has 0 aromatic carbocycles. The Morgan fingerprint density at radius 2 is 2.00 bits per heavy atom. The van der Waals surface area contributed by atoms with E-state index in [2.05, 4.69) is 6.92 Å². The van der Waals surface area contributed by atoms with Crippen molar-refractivity contribution in [2.75, 3.05) is 6.61 Å². The molecule has 0 spiro atoms. The van der Waals surface area contributed by atoms with Crippen molar-refractivity contribution >= 4 is 0 Å². The highest BCUT2D eigenvalue weighted by molar-refractivity contribution is 4.39. The van der Waals surface area contributed by atoms with E-state index in [9.17, 15) is 0 Å². The number of hydrogen-bond donors (Lipinski definition) is 1. The van der Waals surface area contributed by atoms with Gasteiger partial charge < -0.3 is 5.11 Å². The fourth-order valence-electron chi connectivity index (χ4n) is 0.715. The molecule has 0 rings (SSSR count). The first-order valence-electron chi connectivity index (χ1n) is 3.52. The maximum Gasteiger partial charge on any atom is 0.0431 e. The van der Waals surface area contributed by atoms with Crippen LogP contribution in [-0.2, 0) is 0 Å². The van der Waals surface area contributed by atoms with Crippen molar-refractivity contribution in [2.24, 2.45) is 0 Å². The third-order valence-electron chi connectivity index (χ3n) is 1.26. The molecule has 0 aromatic rings. The number of aliphatic hydroxyl groups excluding tert-OH is 1. The van der Waals surface area contributed by atoms with Crippen LogP contribution in [0.25, 0.3) is 0 Å². The molecular weight excluding hydrogens is 102 g/mol. The van der Waals surface area contributed by atoms with E-state index < -0.39 is 0 Å². The van der Waals surface area contributed by atoms with Crippen molar-refractivity contribution in [3.63, 3.8) is 0 Å². The average molecular weight is 118 g/mol. The molecule has 1 heteroatoms. The minimum absolute atomic E-state index is 0.365. The van der Waals surface area contributed by atoms with Crippen molar-refractivity contribution in [1.82, 2.24) is 0 Å². The van der Waals surface area contributed by atoms with Gasteiger partial charge in [-0.2, -0.15) is 0 Å². The summed E-state index contributed by atoms with van der Waals surface area (Å²) in [6.07, 6.45) is 6.08.